The lowest BCUT2D eigenvalue weighted by atomic mass is 10.2. The molecule has 0 radical (unpaired) electrons. The molecular formula is C19H20FN5O2. The Morgan fingerprint density at radius 1 is 1.26 bits per heavy atom. The van der Waals surface area contributed by atoms with Gasteiger partial charge in [-0.3, -0.25) is 9.59 Å². The minimum Gasteiger partial charge on any atom is -0.347 e. The fraction of sp³-hybridized carbons (Fsp3) is 0.263. The van der Waals surface area contributed by atoms with Gasteiger partial charge in [-0.05, 0) is 30.2 Å². The number of halogens is 1. The van der Waals surface area contributed by atoms with Crippen LogP contribution in [-0.2, 0) is 13.1 Å². The lowest BCUT2D eigenvalue weighted by Crippen LogP contribution is -2.29. The predicted octanol–water partition coefficient (Wildman–Crippen LogP) is 2.30. The second-order valence-corrected chi connectivity index (χ2v) is 6.07. The smallest absolute Gasteiger partial charge is 0.271 e. The van der Waals surface area contributed by atoms with E-state index in [1.165, 1.54) is 29.2 Å². The highest BCUT2D eigenvalue weighted by molar-refractivity contribution is 5.91. The van der Waals surface area contributed by atoms with Gasteiger partial charge in [-0.1, -0.05) is 19.4 Å². The Bertz CT molecular complexity index is 982. The lowest BCUT2D eigenvalue weighted by molar-refractivity contribution is 0.0943. The Balaban J connectivity index is 1.67. The average molecular weight is 369 g/mol. The molecule has 7 nitrogen and oxygen atoms in total. The number of hydrogen-bond donors (Lipinski definition) is 1. The Kier molecular flexibility index (Phi) is 5.75. The van der Waals surface area contributed by atoms with E-state index in [0.717, 1.165) is 12.8 Å². The van der Waals surface area contributed by atoms with Crippen LogP contribution in [-0.4, -0.2) is 25.2 Å². The van der Waals surface area contributed by atoms with Gasteiger partial charge >= 0.3 is 0 Å². The summed E-state index contributed by atoms with van der Waals surface area (Å²) in [6.45, 7) is 2.63. The molecule has 0 aliphatic rings. The number of carbonyl (C=O) groups excluding carboxylic acids is 1. The molecule has 8 heteroatoms. The summed E-state index contributed by atoms with van der Waals surface area (Å²) < 4.78 is 17.1. The molecule has 140 valence electrons. The van der Waals surface area contributed by atoms with Crippen molar-refractivity contribution in [3.63, 3.8) is 0 Å². The van der Waals surface area contributed by atoms with Crippen LogP contribution in [0, 0.1) is 5.82 Å². The number of aromatic nitrogens is 4. The number of imidazole rings is 1. The summed E-state index contributed by atoms with van der Waals surface area (Å²) in [7, 11) is 0. The first-order chi connectivity index (χ1) is 13.1. The third-order valence-corrected chi connectivity index (χ3v) is 4.07. The molecule has 0 saturated heterocycles. The highest BCUT2D eigenvalue weighted by Crippen LogP contribution is 2.15. The fourth-order valence-corrected chi connectivity index (χ4v) is 2.58. The Morgan fingerprint density at radius 3 is 2.81 bits per heavy atom. The molecule has 0 saturated carbocycles. The number of hydrogen-bond acceptors (Lipinski definition) is 4. The van der Waals surface area contributed by atoms with Crippen molar-refractivity contribution in [2.24, 2.45) is 0 Å². The van der Waals surface area contributed by atoms with Crippen LogP contribution < -0.4 is 10.9 Å². The summed E-state index contributed by atoms with van der Waals surface area (Å²) >= 11 is 0. The first kappa shape index (κ1) is 18.5. The summed E-state index contributed by atoms with van der Waals surface area (Å²) in [4.78, 5) is 28.0. The fourth-order valence-electron chi connectivity index (χ4n) is 2.58. The van der Waals surface area contributed by atoms with E-state index in [-0.39, 0.29) is 17.8 Å². The number of carbonyl (C=O) groups is 1. The Hall–Kier alpha value is -3.29. The highest BCUT2D eigenvalue weighted by atomic mass is 19.1. The number of nitrogens with zero attached hydrogens (tertiary/aromatic N) is 4. The van der Waals surface area contributed by atoms with Crippen LogP contribution in [0.1, 0.15) is 35.8 Å². The summed E-state index contributed by atoms with van der Waals surface area (Å²) in [5.41, 5.74) is 0.912. The lowest BCUT2D eigenvalue weighted by Gasteiger charge is -2.09. The van der Waals surface area contributed by atoms with Crippen molar-refractivity contribution in [3.05, 3.63) is 76.5 Å². The van der Waals surface area contributed by atoms with Crippen molar-refractivity contribution >= 4 is 5.91 Å². The van der Waals surface area contributed by atoms with Crippen molar-refractivity contribution in [2.45, 2.75) is 32.9 Å². The predicted molar refractivity (Wildman–Crippen MR) is 98.1 cm³/mol. The van der Waals surface area contributed by atoms with Gasteiger partial charge in [0.2, 0.25) is 0 Å². The molecule has 1 amide bonds. The molecule has 1 aromatic carbocycles. The second kappa shape index (κ2) is 8.39. The largest absolute Gasteiger partial charge is 0.347 e. The monoisotopic (exact) mass is 369 g/mol. The van der Waals surface area contributed by atoms with Crippen LogP contribution in [0.15, 0.2) is 53.8 Å². The minimum atomic E-state index is -0.417. The molecule has 0 fully saturated rings. The topological polar surface area (TPSA) is 81.8 Å². The first-order valence-electron chi connectivity index (χ1n) is 8.71. The number of nitrogens with one attached hydrogen (secondary N) is 1. The average Bonchev–Trinajstić information content (AvgIpc) is 3.20. The molecular weight excluding hydrogens is 349 g/mol. The van der Waals surface area contributed by atoms with E-state index < -0.39 is 11.7 Å². The van der Waals surface area contributed by atoms with Crippen LogP contribution in [0.3, 0.4) is 0 Å². The molecule has 1 N–H and O–H groups in total. The summed E-state index contributed by atoms with van der Waals surface area (Å²) in [6.07, 6.45) is 6.46. The number of amides is 1. The van der Waals surface area contributed by atoms with Gasteiger partial charge in [0.1, 0.15) is 11.5 Å². The van der Waals surface area contributed by atoms with Gasteiger partial charge in [-0.2, -0.15) is 5.10 Å². The maximum atomic E-state index is 14.3. The van der Waals surface area contributed by atoms with Gasteiger partial charge in [-0.15, -0.1) is 0 Å². The maximum absolute atomic E-state index is 14.3. The van der Waals surface area contributed by atoms with Gasteiger partial charge in [-0.25, -0.2) is 14.1 Å². The van der Waals surface area contributed by atoms with E-state index in [0.29, 0.717) is 17.8 Å². The van der Waals surface area contributed by atoms with Gasteiger partial charge in [0.25, 0.3) is 11.5 Å². The Morgan fingerprint density at radius 2 is 2.11 bits per heavy atom. The third-order valence-electron chi connectivity index (χ3n) is 4.07. The van der Waals surface area contributed by atoms with Crippen LogP contribution in [0.25, 0.3) is 5.69 Å². The third kappa shape index (κ3) is 4.46. The SMILES string of the molecule is CCCCn1nc(C(=O)NCc2ccc(-n3ccnc3)c(F)c2)ccc1=O. The van der Waals surface area contributed by atoms with E-state index in [1.54, 1.807) is 29.1 Å². The van der Waals surface area contributed by atoms with Crippen LogP contribution in [0.5, 0.6) is 0 Å². The van der Waals surface area contributed by atoms with Crippen LogP contribution >= 0.6 is 0 Å². The standard InChI is InChI=1S/C19H20FN5O2/c1-2-3-9-25-18(26)7-5-16(23-25)19(27)22-12-14-4-6-17(15(20)11-14)24-10-8-21-13-24/h4-8,10-11,13H,2-3,9,12H2,1H3,(H,22,27). The first-order valence-corrected chi connectivity index (χ1v) is 8.71. The number of unbranched alkanes of at least 4 members (excludes halogenated alkanes) is 1. The van der Waals surface area contributed by atoms with Gasteiger partial charge in [0, 0.05) is 31.5 Å². The zero-order valence-electron chi connectivity index (χ0n) is 14.9. The number of rotatable bonds is 7. The minimum absolute atomic E-state index is 0.149. The van der Waals surface area contributed by atoms with Crippen LogP contribution in [0.4, 0.5) is 4.39 Å². The van der Waals surface area contributed by atoms with Gasteiger partial charge in [0.15, 0.2) is 0 Å². The summed E-state index contributed by atoms with van der Waals surface area (Å²) in [5.74, 6) is -0.828. The molecule has 0 unspecified atom stereocenters. The van der Waals surface area contributed by atoms with Crippen molar-refractivity contribution in [3.8, 4) is 5.69 Å². The number of benzene rings is 1. The highest BCUT2D eigenvalue weighted by Gasteiger charge is 2.11. The molecule has 27 heavy (non-hydrogen) atoms. The van der Waals surface area contributed by atoms with E-state index >= 15 is 0 Å². The maximum Gasteiger partial charge on any atom is 0.271 e. The quantitative estimate of drug-likeness (QED) is 0.693. The zero-order valence-corrected chi connectivity index (χ0v) is 14.9. The molecule has 3 rings (SSSR count). The van der Waals surface area contributed by atoms with Crippen LogP contribution in [0.2, 0.25) is 0 Å². The van der Waals surface area contributed by atoms with Crippen molar-refractivity contribution in [2.75, 3.05) is 0 Å². The molecule has 2 heterocycles. The molecule has 0 aliphatic heterocycles. The Labute approximate surface area is 155 Å². The molecule has 0 atom stereocenters. The molecule has 0 bridgehead atoms. The van der Waals surface area contributed by atoms with E-state index in [9.17, 15) is 14.0 Å². The van der Waals surface area contributed by atoms with Gasteiger partial charge < -0.3 is 9.88 Å². The number of aryl methyl sites for hydroxylation is 1. The molecule has 2 aromatic heterocycles. The molecule has 0 spiro atoms. The summed E-state index contributed by atoms with van der Waals surface area (Å²) in [5, 5.41) is 6.79. The zero-order chi connectivity index (χ0) is 19.2. The summed E-state index contributed by atoms with van der Waals surface area (Å²) in [6, 6.07) is 7.45. The van der Waals surface area contributed by atoms with E-state index in [4.69, 9.17) is 0 Å². The molecule has 0 aliphatic carbocycles. The second-order valence-electron chi connectivity index (χ2n) is 6.07. The van der Waals surface area contributed by atoms with Crippen molar-refractivity contribution in [1.29, 1.82) is 0 Å². The molecule has 3 aromatic rings. The van der Waals surface area contributed by atoms with E-state index in [1.807, 2.05) is 6.92 Å². The van der Waals surface area contributed by atoms with Gasteiger partial charge in [0.05, 0.1) is 12.0 Å². The van der Waals surface area contributed by atoms with E-state index in [2.05, 4.69) is 15.4 Å². The normalized spacial score (nSPS) is 10.7. The van der Waals surface area contributed by atoms with Crippen molar-refractivity contribution in [1.82, 2.24) is 24.6 Å². The van der Waals surface area contributed by atoms with Crippen molar-refractivity contribution < 1.29 is 9.18 Å².